The molecule has 16 heavy (non-hydrogen) atoms. The maximum absolute atomic E-state index is 5.65. The summed E-state index contributed by atoms with van der Waals surface area (Å²) in [5.74, 6) is 1.64. The number of aryl methyl sites for hydroxylation is 2. The molecule has 0 aliphatic carbocycles. The fourth-order valence-electron chi connectivity index (χ4n) is 1.49. The lowest BCUT2D eigenvalue weighted by Crippen LogP contribution is -1.84. The molecule has 0 aliphatic heterocycles. The lowest BCUT2D eigenvalue weighted by Gasteiger charge is -1.93. The van der Waals surface area contributed by atoms with Gasteiger partial charge in [-0.05, 0) is 12.5 Å². The van der Waals surface area contributed by atoms with Gasteiger partial charge in [-0.3, -0.25) is 0 Å². The molecule has 5 heteroatoms. The third kappa shape index (κ3) is 2.44. The molecule has 0 atom stereocenters. The van der Waals surface area contributed by atoms with Crippen molar-refractivity contribution in [1.82, 2.24) is 10.2 Å². The zero-order valence-corrected chi connectivity index (χ0v) is 10.6. The summed E-state index contributed by atoms with van der Waals surface area (Å²) < 4.78 is 5.38. The lowest BCUT2D eigenvalue weighted by molar-refractivity contribution is 0.517. The van der Waals surface area contributed by atoms with Gasteiger partial charge in [-0.2, -0.15) is 0 Å². The van der Waals surface area contributed by atoms with E-state index in [9.17, 15) is 0 Å². The maximum Gasteiger partial charge on any atom is 0.151 e. The largest absolute Gasteiger partial charge is 0.469 e. The van der Waals surface area contributed by atoms with E-state index in [2.05, 4.69) is 17.1 Å². The average molecular weight is 257 g/mol. The Morgan fingerprint density at radius 1 is 1.44 bits per heavy atom. The summed E-state index contributed by atoms with van der Waals surface area (Å²) >= 11 is 7.27. The van der Waals surface area contributed by atoms with Crippen molar-refractivity contribution in [2.45, 2.75) is 26.2 Å². The molecule has 3 nitrogen and oxygen atoms in total. The lowest BCUT2D eigenvalue weighted by atomic mass is 10.2. The van der Waals surface area contributed by atoms with Gasteiger partial charge in [-0.1, -0.05) is 18.3 Å². The van der Waals surface area contributed by atoms with E-state index in [4.69, 9.17) is 16.0 Å². The molecule has 2 heterocycles. The highest BCUT2D eigenvalue weighted by Crippen LogP contribution is 2.28. The Hall–Kier alpha value is -0.870. The van der Waals surface area contributed by atoms with Crippen LogP contribution in [0.15, 0.2) is 16.7 Å². The van der Waals surface area contributed by atoms with Gasteiger partial charge in [0.05, 0.1) is 11.8 Å². The summed E-state index contributed by atoms with van der Waals surface area (Å²) in [5.41, 5.74) is 1.07. The first-order valence-corrected chi connectivity index (χ1v) is 6.65. The first kappa shape index (κ1) is 11.6. The Morgan fingerprint density at radius 2 is 2.31 bits per heavy atom. The third-order valence-electron chi connectivity index (χ3n) is 2.29. The minimum absolute atomic E-state index is 0.667. The van der Waals surface area contributed by atoms with Crippen LogP contribution in [0.2, 0.25) is 0 Å². The van der Waals surface area contributed by atoms with Gasteiger partial charge in [-0.15, -0.1) is 21.8 Å². The van der Waals surface area contributed by atoms with Crippen molar-refractivity contribution < 1.29 is 4.42 Å². The molecule has 86 valence electrons. The molecule has 0 aliphatic rings. The normalized spacial score (nSPS) is 10.9. The number of furan rings is 1. The summed E-state index contributed by atoms with van der Waals surface area (Å²) in [7, 11) is 0. The Balaban J connectivity index is 2.18. The molecule has 0 saturated heterocycles. The van der Waals surface area contributed by atoms with Crippen molar-refractivity contribution in [3.05, 3.63) is 23.1 Å². The first-order chi connectivity index (χ1) is 7.85. The average Bonchev–Trinajstić information content (AvgIpc) is 2.94. The van der Waals surface area contributed by atoms with Crippen molar-refractivity contribution in [3.8, 4) is 10.6 Å². The number of hydrogen-bond donors (Lipinski definition) is 0. The molecule has 0 unspecified atom stereocenters. The number of aromatic nitrogens is 2. The van der Waals surface area contributed by atoms with E-state index in [-0.39, 0.29) is 0 Å². The molecular weight excluding hydrogens is 244 g/mol. The van der Waals surface area contributed by atoms with E-state index < -0.39 is 0 Å². The molecule has 0 N–H and O–H groups in total. The molecule has 2 aromatic heterocycles. The molecule has 0 bridgehead atoms. The van der Waals surface area contributed by atoms with Crippen LogP contribution in [0.5, 0.6) is 0 Å². The quantitative estimate of drug-likeness (QED) is 0.768. The second-order valence-electron chi connectivity index (χ2n) is 3.40. The molecule has 0 fully saturated rings. The maximum atomic E-state index is 5.65. The summed E-state index contributed by atoms with van der Waals surface area (Å²) in [4.78, 5) is 0. The molecule has 0 saturated carbocycles. The van der Waals surface area contributed by atoms with Crippen LogP contribution in [-0.4, -0.2) is 16.1 Å². The first-order valence-electron chi connectivity index (χ1n) is 5.30. The van der Waals surface area contributed by atoms with Crippen molar-refractivity contribution in [2.24, 2.45) is 0 Å². The number of nitrogens with zero attached hydrogens (tertiary/aromatic N) is 2. The second kappa shape index (κ2) is 5.46. The molecular formula is C11H13ClN2OS. The van der Waals surface area contributed by atoms with Gasteiger partial charge in [0, 0.05) is 18.7 Å². The van der Waals surface area contributed by atoms with Gasteiger partial charge in [0.2, 0.25) is 0 Å². The van der Waals surface area contributed by atoms with Crippen LogP contribution in [0.3, 0.4) is 0 Å². The Morgan fingerprint density at radius 3 is 3.06 bits per heavy atom. The van der Waals surface area contributed by atoms with E-state index in [0.717, 1.165) is 40.6 Å². The second-order valence-corrected chi connectivity index (χ2v) is 4.84. The predicted molar refractivity (Wildman–Crippen MR) is 66.0 cm³/mol. The van der Waals surface area contributed by atoms with E-state index in [1.54, 1.807) is 17.6 Å². The monoisotopic (exact) mass is 256 g/mol. The summed E-state index contributed by atoms with van der Waals surface area (Å²) in [6.45, 7) is 2.07. The SMILES string of the molecule is CCc1occc1-c1nnc(CCCCl)s1. The summed E-state index contributed by atoms with van der Waals surface area (Å²) in [6.07, 6.45) is 4.43. The van der Waals surface area contributed by atoms with Gasteiger partial charge >= 0.3 is 0 Å². The van der Waals surface area contributed by atoms with Crippen LogP contribution >= 0.6 is 22.9 Å². The zero-order valence-electron chi connectivity index (χ0n) is 9.07. The van der Waals surface area contributed by atoms with Gasteiger partial charge in [0.15, 0.2) is 5.01 Å². The molecule has 0 radical (unpaired) electrons. The number of hydrogen-bond acceptors (Lipinski definition) is 4. The number of halogens is 1. The van der Waals surface area contributed by atoms with Crippen molar-refractivity contribution in [3.63, 3.8) is 0 Å². The molecule has 0 spiro atoms. The molecule has 0 aromatic carbocycles. The van der Waals surface area contributed by atoms with E-state index in [1.165, 1.54) is 0 Å². The topological polar surface area (TPSA) is 38.9 Å². The van der Waals surface area contributed by atoms with Crippen molar-refractivity contribution in [2.75, 3.05) is 5.88 Å². The van der Waals surface area contributed by atoms with E-state index >= 15 is 0 Å². The third-order valence-corrected chi connectivity index (χ3v) is 3.57. The Kier molecular flexibility index (Phi) is 3.96. The highest BCUT2D eigenvalue weighted by molar-refractivity contribution is 7.14. The van der Waals surface area contributed by atoms with Gasteiger partial charge in [-0.25, -0.2) is 0 Å². The minimum atomic E-state index is 0.667. The van der Waals surface area contributed by atoms with Crippen molar-refractivity contribution >= 4 is 22.9 Å². The smallest absolute Gasteiger partial charge is 0.151 e. The fraction of sp³-hybridized carbons (Fsp3) is 0.455. The fourth-order valence-corrected chi connectivity index (χ4v) is 2.54. The zero-order chi connectivity index (χ0) is 11.4. The summed E-state index contributed by atoms with van der Waals surface area (Å²) in [6, 6.07) is 1.95. The highest BCUT2D eigenvalue weighted by Gasteiger charge is 2.12. The molecule has 2 aromatic rings. The summed E-state index contributed by atoms with van der Waals surface area (Å²) in [5, 5.41) is 10.3. The van der Waals surface area contributed by atoms with Crippen LogP contribution in [0.1, 0.15) is 24.1 Å². The van der Waals surface area contributed by atoms with Gasteiger partial charge < -0.3 is 4.42 Å². The van der Waals surface area contributed by atoms with Gasteiger partial charge in [0.1, 0.15) is 10.8 Å². The highest BCUT2D eigenvalue weighted by atomic mass is 35.5. The molecule has 0 amide bonds. The number of rotatable bonds is 5. The van der Waals surface area contributed by atoms with Crippen LogP contribution in [-0.2, 0) is 12.8 Å². The van der Waals surface area contributed by atoms with Crippen LogP contribution in [0.4, 0.5) is 0 Å². The predicted octanol–water partition coefficient (Wildman–Crippen LogP) is 3.53. The van der Waals surface area contributed by atoms with Crippen molar-refractivity contribution in [1.29, 1.82) is 0 Å². The van der Waals surface area contributed by atoms with E-state index in [0.29, 0.717) is 5.88 Å². The minimum Gasteiger partial charge on any atom is -0.469 e. The Labute approximate surface area is 103 Å². The standard InChI is InChI=1S/C11H13ClN2OS/c1-2-9-8(5-7-15-9)11-14-13-10(16-11)4-3-6-12/h5,7H,2-4,6H2,1H3. The van der Waals surface area contributed by atoms with Gasteiger partial charge in [0.25, 0.3) is 0 Å². The number of alkyl halides is 1. The van der Waals surface area contributed by atoms with Crippen LogP contribution in [0.25, 0.3) is 10.6 Å². The Bertz CT molecular complexity index is 452. The molecule has 2 rings (SSSR count). The van der Waals surface area contributed by atoms with Crippen LogP contribution < -0.4 is 0 Å². The van der Waals surface area contributed by atoms with E-state index in [1.807, 2.05) is 6.07 Å². The van der Waals surface area contributed by atoms with Crippen LogP contribution in [0, 0.1) is 0 Å².